The van der Waals surface area contributed by atoms with Crippen LogP contribution in [-0.2, 0) is 0 Å². The molecule has 0 bridgehead atoms. The minimum absolute atomic E-state index is 0. The van der Waals surface area contributed by atoms with Crippen LogP contribution in [0.4, 0.5) is 0 Å². The number of rotatable bonds is 0. The molecule has 0 aromatic heterocycles. The van der Waals surface area contributed by atoms with E-state index in [9.17, 15) is 0 Å². The van der Waals surface area contributed by atoms with Gasteiger partial charge in [-0.15, -0.1) is 12.4 Å². The molecular weight excluding hydrogens is 140 g/mol. The molecular formula is C4H13ClN4. The summed E-state index contributed by atoms with van der Waals surface area (Å²) < 4.78 is 0. The molecule has 1 fully saturated rings. The lowest BCUT2D eigenvalue weighted by molar-refractivity contribution is 0.423. The molecule has 0 aromatic rings. The standard InChI is InChI=1S/C4H12N4.ClH/c1-2-6-8-4-3-7-5-1;/h5-8H,1-4H2;1H. The van der Waals surface area contributed by atoms with Crippen molar-refractivity contribution in [2.75, 3.05) is 26.2 Å². The van der Waals surface area contributed by atoms with Crippen molar-refractivity contribution in [3.05, 3.63) is 0 Å². The SMILES string of the molecule is C1CNNCCNN1.Cl. The van der Waals surface area contributed by atoms with Crippen LogP contribution < -0.4 is 21.7 Å². The largest absolute Gasteiger partial charge is 0.256 e. The zero-order valence-electron chi connectivity index (χ0n) is 5.24. The highest BCUT2D eigenvalue weighted by Crippen LogP contribution is 1.58. The summed E-state index contributed by atoms with van der Waals surface area (Å²) in [6.07, 6.45) is 0. The van der Waals surface area contributed by atoms with Crippen LogP contribution in [0.3, 0.4) is 0 Å². The minimum atomic E-state index is 0. The van der Waals surface area contributed by atoms with Crippen molar-refractivity contribution < 1.29 is 0 Å². The van der Waals surface area contributed by atoms with Crippen molar-refractivity contribution in [1.82, 2.24) is 21.7 Å². The van der Waals surface area contributed by atoms with Crippen molar-refractivity contribution in [2.45, 2.75) is 0 Å². The number of hydrogen-bond donors (Lipinski definition) is 4. The molecule has 0 radical (unpaired) electrons. The van der Waals surface area contributed by atoms with Gasteiger partial charge in [0.1, 0.15) is 0 Å². The monoisotopic (exact) mass is 152 g/mol. The normalized spacial score (nSPS) is 21.3. The quantitative estimate of drug-likeness (QED) is 0.345. The molecule has 1 rings (SSSR count). The fraction of sp³-hybridized carbons (Fsp3) is 1.00. The Bertz CT molecular complexity index is 36.5. The van der Waals surface area contributed by atoms with Crippen LogP contribution in [0.15, 0.2) is 0 Å². The predicted octanol–water partition coefficient (Wildman–Crippen LogP) is -1.39. The molecule has 1 heterocycles. The molecule has 0 saturated carbocycles. The Morgan fingerprint density at radius 1 is 0.556 bits per heavy atom. The first-order chi connectivity index (χ1) is 4.00. The van der Waals surface area contributed by atoms with E-state index >= 15 is 0 Å². The zero-order chi connectivity index (χ0) is 5.66. The molecule has 0 amide bonds. The van der Waals surface area contributed by atoms with Gasteiger partial charge in [0.05, 0.1) is 0 Å². The smallest absolute Gasteiger partial charge is 0.0239 e. The fourth-order valence-electron chi connectivity index (χ4n) is 0.604. The second-order valence-corrected chi connectivity index (χ2v) is 1.71. The molecule has 4 N–H and O–H groups in total. The van der Waals surface area contributed by atoms with Gasteiger partial charge in [-0.2, -0.15) is 0 Å². The van der Waals surface area contributed by atoms with Crippen molar-refractivity contribution in [3.8, 4) is 0 Å². The maximum Gasteiger partial charge on any atom is 0.0239 e. The van der Waals surface area contributed by atoms with Gasteiger partial charge in [0.25, 0.3) is 0 Å². The lowest BCUT2D eigenvalue weighted by Gasteiger charge is -2.13. The molecule has 56 valence electrons. The van der Waals surface area contributed by atoms with E-state index in [0.717, 1.165) is 26.2 Å². The molecule has 9 heavy (non-hydrogen) atoms. The summed E-state index contributed by atoms with van der Waals surface area (Å²) in [4.78, 5) is 0. The fourth-order valence-corrected chi connectivity index (χ4v) is 0.604. The molecule has 0 unspecified atom stereocenters. The van der Waals surface area contributed by atoms with Gasteiger partial charge in [0, 0.05) is 26.2 Å². The third-order valence-electron chi connectivity index (χ3n) is 1.000. The predicted molar refractivity (Wildman–Crippen MR) is 39.3 cm³/mol. The Morgan fingerprint density at radius 3 is 1.00 bits per heavy atom. The summed E-state index contributed by atoms with van der Waals surface area (Å²) in [6, 6.07) is 0. The van der Waals surface area contributed by atoms with Crippen molar-refractivity contribution in [3.63, 3.8) is 0 Å². The highest BCUT2D eigenvalue weighted by Gasteiger charge is 1.90. The van der Waals surface area contributed by atoms with Crippen LogP contribution in [0, 0.1) is 0 Å². The molecule has 0 spiro atoms. The van der Waals surface area contributed by atoms with E-state index in [2.05, 4.69) is 21.7 Å². The highest BCUT2D eigenvalue weighted by atomic mass is 35.5. The van der Waals surface area contributed by atoms with E-state index in [4.69, 9.17) is 0 Å². The number of hydrazine groups is 2. The number of nitrogens with one attached hydrogen (secondary N) is 4. The van der Waals surface area contributed by atoms with Crippen molar-refractivity contribution in [2.24, 2.45) is 0 Å². The second-order valence-electron chi connectivity index (χ2n) is 1.71. The summed E-state index contributed by atoms with van der Waals surface area (Å²) in [6.45, 7) is 3.86. The van der Waals surface area contributed by atoms with E-state index in [1.165, 1.54) is 0 Å². The van der Waals surface area contributed by atoms with E-state index in [1.54, 1.807) is 0 Å². The molecule has 1 aliphatic rings. The summed E-state index contributed by atoms with van der Waals surface area (Å²) in [5.41, 5.74) is 12.1. The first-order valence-corrected chi connectivity index (χ1v) is 2.91. The van der Waals surface area contributed by atoms with E-state index in [-0.39, 0.29) is 12.4 Å². The summed E-state index contributed by atoms with van der Waals surface area (Å²) >= 11 is 0. The van der Waals surface area contributed by atoms with Gasteiger partial charge in [-0.1, -0.05) is 0 Å². The first kappa shape index (κ1) is 9.13. The maximum absolute atomic E-state index is 3.03. The molecule has 4 nitrogen and oxygen atoms in total. The van der Waals surface area contributed by atoms with E-state index in [0.29, 0.717) is 0 Å². The third-order valence-corrected chi connectivity index (χ3v) is 1.000. The average Bonchev–Trinajstić information content (AvgIpc) is 1.62. The molecule has 0 aliphatic carbocycles. The Hall–Kier alpha value is 0.130. The van der Waals surface area contributed by atoms with E-state index < -0.39 is 0 Å². The lowest BCUT2D eigenvalue weighted by atomic mass is 10.6. The van der Waals surface area contributed by atoms with Gasteiger partial charge in [-0.3, -0.25) is 21.7 Å². The topological polar surface area (TPSA) is 48.1 Å². The Labute approximate surface area is 61.1 Å². The van der Waals surface area contributed by atoms with Crippen LogP contribution >= 0.6 is 12.4 Å². The lowest BCUT2D eigenvalue weighted by Crippen LogP contribution is -2.49. The maximum atomic E-state index is 3.03. The van der Waals surface area contributed by atoms with Gasteiger partial charge in [0.2, 0.25) is 0 Å². The Kier molecular flexibility index (Phi) is 6.34. The second kappa shape index (κ2) is 6.25. The summed E-state index contributed by atoms with van der Waals surface area (Å²) in [5, 5.41) is 0. The minimum Gasteiger partial charge on any atom is -0.256 e. The molecule has 5 heteroatoms. The Balaban J connectivity index is 0.000000640. The first-order valence-electron chi connectivity index (χ1n) is 2.91. The number of halogens is 1. The van der Waals surface area contributed by atoms with Crippen LogP contribution in [0.25, 0.3) is 0 Å². The van der Waals surface area contributed by atoms with E-state index in [1.807, 2.05) is 0 Å². The zero-order valence-corrected chi connectivity index (χ0v) is 6.05. The van der Waals surface area contributed by atoms with Crippen molar-refractivity contribution in [1.29, 1.82) is 0 Å². The van der Waals surface area contributed by atoms with Gasteiger partial charge in [-0.05, 0) is 0 Å². The van der Waals surface area contributed by atoms with Gasteiger partial charge in [0.15, 0.2) is 0 Å². The molecule has 1 saturated heterocycles. The Morgan fingerprint density at radius 2 is 0.778 bits per heavy atom. The number of hydrogen-bond acceptors (Lipinski definition) is 4. The van der Waals surface area contributed by atoms with Crippen LogP contribution in [0.2, 0.25) is 0 Å². The molecule has 0 aromatic carbocycles. The van der Waals surface area contributed by atoms with Gasteiger partial charge in [-0.25, -0.2) is 0 Å². The van der Waals surface area contributed by atoms with Gasteiger partial charge < -0.3 is 0 Å². The average molecular weight is 153 g/mol. The molecule has 0 atom stereocenters. The summed E-state index contributed by atoms with van der Waals surface area (Å²) in [5.74, 6) is 0. The van der Waals surface area contributed by atoms with Crippen LogP contribution in [0.5, 0.6) is 0 Å². The van der Waals surface area contributed by atoms with Gasteiger partial charge >= 0.3 is 0 Å². The van der Waals surface area contributed by atoms with Crippen molar-refractivity contribution >= 4 is 12.4 Å². The summed E-state index contributed by atoms with van der Waals surface area (Å²) in [7, 11) is 0. The van der Waals surface area contributed by atoms with Crippen LogP contribution in [0.1, 0.15) is 0 Å². The third kappa shape index (κ3) is 4.62. The molecule has 1 aliphatic heterocycles. The highest BCUT2D eigenvalue weighted by molar-refractivity contribution is 5.85. The van der Waals surface area contributed by atoms with Crippen LogP contribution in [-0.4, -0.2) is 26.2 Å².